The van der Waals surface area contributed by atoms with E-state index in [2.05, 4.69) is 17.0 Å². The van der Waals surface area contributed by atoms with Crippen molar-refractivity contribution in [3.63, 3.8) is 0 Å². The SMILES string of the molecule is Cl.O=C(C(=O)N1CCN(c2ccccc2)CC1)c1c(-c2ccccc2)cc2ccccn12. The highest BCUT2D eigenvalue weighted by atomic mass is 35.5. The highest BCUT2D eigenvalue weighted by Gasteiger charge is 2.30. The number of carbonyl (C=O) groups excluding carboxylic acids is 2. The molecule has 2 aromatic carbocycles. The summed E-state index contributed by atoms with van der Waals surface area (Å²) in [5, 5.41) is 0. The molecule has 1 fully saturated rings. The van der Waals surface area contributed by atoms with Gasteiger partial charge in [-0.1, -0.05) is 54.6 Å². The first kappa shape index (κ1) is 21.7. The number of para-hydroxylation sites is 1. The van der Waals surface area contributed by atoms with Gasteiger partial charge < -0.3 is 14.2 Å². The number of anilines is 1. The van der Waals surface area contributed by atoms with Gasteiger partial charge in [0.1, 0.15) is 5.69 Å². The first-order valence-electron chi connectivity index (χ1n) is 10.5. The van der Waals surface area contributed by atoms with Crippen molar-refractivity contribution in [1.82, 2.24) is 9.30 Å². The average molecular weight is 446 g/mol. The topological polar surface area (TPSA) is 45.0 Å². The number of benzene rings is 2. The van der Waals surface area contributed by atoms with Crippen molar-refractivity contribution >= 4 is 35.3 Å². The van der Waals surface area contributed by atoms with Gasteiger partial charge in [0, 0.05) is 49.1 Å². The molecule has 1 amide bonds. The van der Waals surface area contributed by atoms with Crippen molar-refractivity contribution in [3.05, 3.63) is 96.8 Å². The zero-order valence-corrected chi connectivity index (χ0v) is 18.4. The van der Waals surface area contributed by atoms with Gasteiger partial charge in [0.2, 0.25) is 0 Å². The smallest absolute Gasteiger partial charge is 0.296 e. The van der Waals surface area contributed by atoms with Crippen LogP contribution in [0.4, 0.5) is 5.69 Å². The van der Waals surface area contributed by atoms with Crippen molar-refractivity contribution in [2.24, 2.45) is 0 Å². The minimum absolute atomic E-state index is 0. The molecule has 0 N–H and O–H groups in total. The number of hydrogen-bond donors (Lipinski definition) is 0. The Morgan fingerprint density at radius 3 is 2.03 bits per heavy atom. The standard InChI is InChI=1S/C26H23N3O2.ClH/c30-25(26(31)28-17-15-27(16-18-28)21-11-5-2-6-12-21)24-23(20-9-3-1-4-10-20)19-22-13-7-8-14-29(22)24;/h1-14,19H,15-18H2;1H. The third kappa shape index (κ3) is 3.99. The second-order valence-electron chi connectivity index (χ2n) is 7.71. The summed E-state index contributed by atoms with van der Waals surface area (Å²) in [6, 6.07) is 27.7. The zero-order chi connectivity index (χ0) is 21.2. The Morgan fingerprint density at radius 2 is 1.34 bits per heavy atom. The van der Waals surface area contributed by atoms with E-state index < -0.39 is 11.7 Å². The van der Waals surface area contributed by atoms with Crippen LogP contribution in [0.2, 0.25) is 0 Å². The quantitative estimate of drug-likeness (QED) is 0.341. The maximum atomic E-state index is 13.4. The maximum absolute atomic E-state index is 13.4. The molecule has 0 bridgehead atoms. The number of aromatic nitrogens is 1. The summed E-state index contributed by atoms with van der Waals surface area (Å²) in [6.07, 6.45) is 1.84. The molecule has 32 heavy (non-hydrogen) atoms. The molecular weight excluding hydrogens is 422 g/mol. The molecule has 0 atom stereocenters. The lowest BCUT2D eigenvalue weighted by Gasteiger charge is -2.35. The second-order valence-corrected chi connectivity index (χ2v) is 7.71. The number of hydrogen-bond acceptors (Lipinski definition) is 3. The minimum atomic E-state index is -0.460. The van der Waals surface area contributed by atoms with Crippen molar-refractivity contribution in [2.45, 2.75) is 0 Å². The van der Waals surface area contributed by atoms with E-state index in [1.165, 1.54) is 0 Å². The molecule has 0 unspecified atom stereocenters. The third-order valence-electron chi connectivity index (χ3n) is 5.86. The van der Waals surface area contributed by atoms with Gasteiger partial charge >= 0.3 is 0 Å². The van der Waals surface area contributed by atoms with E-state index in [1.807, 2.05) is 83.4 Å². The first-order chi connectivity index (χ1) is 15.2. The van der Waals surface area contributed by atoms with Crippen LogP contribution in [0, 0.1) is 0 Å². The molecule has 2 aromatic heterocycles. The van der Waals surface area contributed by atoms with E-state index in [9.17, 15) is 9.59 Å². The Hall–Kier alpha value is -3.57. The molecule has 5 nitrogen and oxygen atoms in total. The molecule has 0 saturated carbocycles. The summed E-state index contributed by atoms with van der Waals surface area (Å²) in [5.74, 6) is -0.896. The van der Waals surface area contributed by atoms with E-state index in [-0.39, 0.29) is 12.4 Å². The zero-order valence-electron chi connectivity index (χ0n) is 17.6. The summed E-state index contributed by atoms with van der Waals surface area (Å²) < 4.78 is 1.82. The highest BCUT2D eigenvalue weighted by Crippen LogP contribution is 2.28. The van der Waals surface area contributed by atoms with Crippen LogP contribution in [-0.2, 0) is 4.79 Å². The molecule has 0 spiro atoms. The second kappa shape index (κ2) is 9.28. The van der Waals surface area contributed by atoms with Crippen LogP contribution in [0.15, 0.2) is 91.1 Å². The van der Waals surface area contributed by atoms with Crippen LogP contribution in [0.3, 0.4) is 0 Å². The molecule has 3 heterocycles. The molecule has 1 aliphatic heterocycles. The number of piperazine rings is 1. The lowest BCUT2D eigenvalue weighted by molar-refractivity contribution is -0.126. The first-order valence-corrected chi connectivity index (χ1v) is 10.5. The van der Waals surface area contributed by atoms with Crippen LogP contribution < -0.4 is 4.90 Å². The maximum Gasteiger partial charge on any atom is 0.296 e. The Bertz CT molecular complexity index is 1230. The van der Waals surface area contributed by atoms with E-state index in [0.717, 1.165) is 22.3 Å². The summed E-state index contributed by atoms with van der Waals surface area (Å²) in [6.45, 7) is 2.49. The van der Waals surface area contributed by atoms with Crippen molar-refractivity contribution in [2.75, 3.05) is 31.1 Å². The summed E-state index contributed by atoms with van der Waals surface area (Å²) >= 11 is 0. The van der Waals surface area contributed by atoms with Crippen LogP contribution >= 0.6 is 12.4 Å². The number of fused-ring (bicyclic) bond motifs is 1. The Morgan fingerprint density at radius 1 is 0.719 bits per heavy atom. The predicted octanol–water partition coefficient (Wildman–Crippen LogP) is 4.56. The van der Waals surface area contributed by atoms with Gasteiger partial charge in [0.15, 0.2) is 0 Å². The van der Waals surface area contributed by atoms with Gasteiger partial charge in [-0.3, -0.25) is 9.59 Å². The third-order valence-corrected chi connectivity index (χ3v) is 5.86. The molecule has 0 radical (unpaired) electrons. The fourth-order valence-electron chi connectivity index (χ4n) is 4.24. The van der Waals surface area contributed by atoms with Gasteiger partial charge in [-0.05, 0) is 35.9 Å². The number of pyridine rings is 1. The van der Waals surface area contributed by atoms with Gasteiger partial charge in [0.05, 0.1) is 0 Å². The molecule has 162 valence electrons. The van der Waals surface area contributed by atoms with E-state index >= 15 is 0 Å². The number of amides is 1. The van der Waals surface area contributed by atoms with Gasteiger partial charge in [-0.2, -0.15) is 0 Å². The molecule has 5 rings (SSSR count). The average Bonchev–Trinajstić information content (AvgIpc) is 3.24. The Labute approximate surface area is 193 Å². The minimum Gasteiger partial charge on any atom is -0.368 e. The van der Waals surface area contributed by atoms with Crippen molar-refractivity contribution in [3.8, 4) is 11.1 Å². The van der Waals surface area contributed by atoms with Crippen LogP contribution in [0.5, 0.6) is 0 Å². The fourth-order valence-corrected chi connectivity index (χ4v) is 4.24. The predicted molar refractivity (Wildman–Crippen MR) is 130 cm³/mol. The van der Waals surface area contributed by atoms with E-state index in [4.69, 9.17) is 0 Å². The van der Waals surface area contributed by atoms with Gasteiger partial charge in [0.25, 0.3) is 11.7 Å². The largest absolute Gasteiger partial charge is 0.368 e. The number of nitrogens with zero attached hydrogens (tertiary/aromatic N) is 3. The normalized spacial score (nSPS) is 13.6. The molecule has 1 aliphatic rings. The fraction of sp³-hybridized carbons (Fsp3) is 0.154. The number of Topliss-reactive ketones (excluding diaryl/α,β-unsaturated/α-hetero) is 1. The summed E-state index contributed by atoms with van der Waals surface area (Å²) in [7, 11) is 0. The van der Waals surface area contributed by atoms with Crippen molar-refractivity contribution < 1.29 is 9.59 Å². The van der Waals surface area contributed by atoms with Gasteiger partial charge in [-0.15, -0.1) is 12.4 Å². The molecular formula is C26H24ClN3O2. The number of rotatable bonds is 4. The Balaban J connectivity index is 0.00000245. The van der Waals surface area contributed by atoms with Gasteiger partial charge in [-0.25, -0.2) is 0 Å². The van der Waals surface area contributed by atoms with E-state index in [0.29, 0.717) is 31.9 Å². The lowest BCUT2D eigenvalue weighted by atomic mass is 10.0. The Kier molecular flexibility index (Phi) is 6.28. The van der Waals surface area contributed by atoms with Crippen LogP contribution in [0.1, 0.15) is 10.5 Å². The van der Waals surface area contributed by atoms with Crippen LogP contribution in [-0.4, -0.2) is 47.2 Å². The molecule has 6 heteroatoms. The number of carbonyl (C=O) groups is 2. The lowest BCUT2D eigenvalue weighted by Crippen LogP contribution is -2.50. The number of ketones is 1. The monoisotopic (exact) mass is 445 g/mol. The highest BCUT2D eigenvalue weighted by molar-refractivity contribution is 6.43. The molecule has 0 aliphatic carbocycles. The van der Waals surface area contributed by atoms with E-state index in [1.54, 1.807) is 4.90 Å². The molecule has 1 saturated heterocycles. The summed E-state index contributed by atoms with van der Waals surface area (Å²) in [5.41, 5.74) is 4.18. The van der Waals surface area contributed by atoms with Crippen LogP contribution in [0.25, 0.3) is 16.6 Å². The molecule has 4 aromatic rings. The summed E-state index contributed by atoms with van der Waals surface area (Å²) in [4.78, 5) is 30.6. The number of halogens is 1. The van der Waals surface area contributed by atoms with Crippen molar-refractivity contribution in [1.29, 1.82) is 0 Å².